The van der Waals surface area contributed by atoms with E-state index in [0.29, 0.717) is 6.54 Å². The molecule has 0 saturated heterocycles. The van der Waals surface area contributed by atoms with Crippen LogP contribution in [0.5, 0.6) is 0 Å². The van der Waals surface area contributed by atoms with Crippen molar-refractivity contribution in [1.82, 2.24) is 4.90 Å². The number of halogens is 1. The second-order valence-electron chi connectivity index (χ2n) is 4.54. The summed E-state index contributed by atoms with van der Waals surface area (Å²) in [6.07, 6.45) is 0. The first-order valence-corrected chi connectivity index (χ1v) is 8.06. The molecule has 0 aliphatic heterocycles. The zero-order valence-electron chi connectivity index (χ0n) is 11.0. The molecular formula is C15H16INOS. The SMILES string of the molecule is CC(c1cccs1)N(C)CC(=O)c1ccc(I)cc1. The molecule has 0 amide bonds. The Labute approximate surface area is 131 Å². The summed E-state index contributed by atoms with van der Waals surface area (Å²) in [5, 5.41) is 2.07. The summed E-state index contributed by atoms with van der Waals surface area (Å²) in [5.41, 5.74) is 0.783. The summed E-state index contributed by atoms with van der Waals surface area (Å²) >= 11 is 3.97. The summed E-state index contributed by atoms with van der Waals surface area (Å²) < 4.78 is 1.15. The van der Waals surface area contributed by atoms with E-state index in [1.165, 1.54) is 4.88 Å². The van der Waals surface area contributed by atoms with Gasteiger partial charge in [-0.15, -0.1) is 11.3 Å². The van der Waals surface area contributed by atoms with E-state index in [4.69, 9.17) is 0 Å². The lowest BCUT2D eigenvalue weighted by Gasteiger charge is -2.22. The van der Waals surface area contributed by atoms with Crippen molar-refractivity contribution in [2.45, 2.75) is 13.0 Å². The third kappa shape index (κ3) is 3.87. The maximum atomic E-state index is 12.2. The number of Topliss-reactive ketones (excluding diaryl/α,β-unsaturated/α-hetero) is 1. The highest BCUT2D eigenvalue weighted by Gasteiger charge is 2.16. The molecule has 0 fully saturated rings. The van der Waals surface area contributed by atoms with E-state index < -0.39 is 0 Å². The summed E-state index contributed by atoms with van der Waals surface area (Å²) in [7, 11) is 2.00. The van der Waals surface area contributed by atoms with Gasteiger partial charge in [0, 0.05) is 20.1 Å². The van der Waals surface area contributed by atoms with Crippen LogP contribution in [0.1, 0.15) is 28.2 Å². The number of hydrogen-bond donors (Lipinski definition) is 0. The van der Waals surface area contributed by atoms with Gasteiger partial charge in [0.1, 0.15) is 0 Å². The predicted octanol–water partition coefficient (Wildman–Crippen LogP) is 4.23. The number of rotatable bonds is 5. The van der Waals surface area contributed by atoms with Gasteiger partial charge in [-0.05, 0) is 60.1 Å². The van der Waals surface area contributed by atoms with Gasteiger partial charge in [-0.2, -0.15) is 0 Å². The van der Waals surface area contributed by atoms with Gasteiger partial charge in [0.05, 0.1) is 6.54 Å². The zero-order valence-corrected chi connectivity index (χ0v) is 13.9. The molecule has 2 nitrogen and oxygen atoms in total. The Hall–Kier alpha value is -0.720. The highest BCUT2D eigenvalue weighted by atomic mass is 127. The second kappa shape index (κ2) is 6.63. The molecule has 0 spiro atoms. The first-order chi connectivity index (χ1) is 9.08. The maximum absolute atomic E-state index is 12.2. The van der Waals surface area contributed by atoms with Crippen LogP contribution in [-0.2, 0) is 0 Å². The molecule has 4 heteroatoms. The van der Waals surface area contributed by atoms with Crippen molar-refractivity contribution in [3.63, 3.8) is 0 Å². The number of nitrogens with zero attached hydrogens (tertiary/aromatic N) is 1. The Balaban J connectivity index is 2.00. The quantitative estimate of drug-likeness (QED) is 0.567. The van der Waals surface area contributed by atoms with Gasteiger partial charge < -0.3 is 0 Å². The van der Waals surface area contributed by atoms with Gasteiger partial charge in [-0.25, -0.2) is 0 Å². The number of carbonyl (C=O) groups excluding carboxylic acids is 1. The van der Waals surface area contributed by atoms with E-state index in [1.807, 2.05) is 37.4 Å². The van der Waals surface area contributed by atoms with Crippen LogP contribution in [0.4, 0.5) is 0 Å². The molecule has 1 unspecified atom stereocenters. The lowest BCUT2D eigenvalue weighted by molar-refractivity contribution is 0.0926. The molecule has 1 heterocycles. The molecule has 1 aromatic carbocycles. The molecule has 1 aromatic heterocycles. The van der Waals surface area contributed by atoms with Crippen molar-refractivity contribution in [3.05, 3.63) is 55.8 Å². The molecule has 2 aromatic rings. The average molecular weight is 385 g/mol. The third-order valence-corrected chi connectivity index (χ3v) is 4.94. The molecule has 19 heavy (non-hydrogen) atoms. The zero-order chi connectivity index (χ0) is 13.8. The van der Waals surface area contributed by atoms with Gasteiger partial charge in [0.25, 0.3) is 0 Å². The highest BCUT2D eigenvalue weighted by molar-refractivity contribution is 14.1. The summed E-state index contributed by atoms with van der Waals surface area (Å²) in [6, 6.07) is 12.2. The molecule has 0 aliphatic rings. The third-order valence-electron chi connectivity index (χ3n) is 3.18. The van der Waals surface area contributed by atoms with Crippen LogP contribution in [0, 0.1) is 3.57 Å². The molecule has 0 saturated carbocycles. The number of likely N-dealkylation sites (N-methyl/N-ethyl adjacent to an activating group) is 1. The first kappa shape index (κ1) is 14.7. The van der Waals surface area contributed by atoms with Crippen LogP contribution in [0.2, 0.25) is 0 Å². The van der Waals surface area contributed by atoms with Crippen molar-refractivity contribution in [2.24, 2.45) is 0 Å². The standard InChI is InChI=1S/C15H16INOS/c1-11(15-4-3-9-19-15)17(2)10-14(18)12-5-7-13(16)8-6-12/h3-9,11H,10H2,1-2H3. The fourth-order valence-electron chi connectivity index (χ4n) is 1.84. The topological polar surface area (TPSA) is 20.3 Å². The molecular weight excluding hydrogens is 369 g/mol. The number of benzene rings is 1. The summed E-state index contributed by atoms with van der Waals surface area (Å²) in [4.78, 5) is 15.6. The smallest absolute Gasteiger partial charge is 0.176 e. The Bertz CT molecular complexity index is 536. The lowest BCUT2D eigenvalue weighted by Crippen LogP contribution is -2.28. The van der Waals surface area contributed by atoms with Gasteiger partial charge in [-0.3, -0.25) is 9.69 Å². The highest BCUT2D eigenvalue weighted by Crippen LogP contribution is 2.23. The van der Waals surface area contributed by atoms with Crippen molar-refractivity contribution < 1.29 is 4.79 Å². The summed E-state index contributed by atoms with van der Waals surface area (Å²) in [6.45, 7) is 2.58. The molecule has 0 bridgehead atoms. The molecule has 2 rings (SSSR count). The van der Waals surface area contributed by atoms with Gasteiger partial charge in [-0.1, -0.05) is 18.2 Å². The Kier molecular flexibility index (Phi) is 5.13. The second-order valence-corrected chi connectivity index (χ2v) is 6.76. The van der Waals surface area contributed by atoms with Crippen molar-refractivity contribution >= 4 is 39.7 Å². The van der Waals surface area contributed by atoms with E-state index in [2.05, 4.69) is 45.9 Å². The predicted molar refractivity (Wildman–Crippen MR) is 88.9 cm³/mol. The minimum Gasteiger partial charge on any atom is -0.293 e. The minimum atomic E-state index is 0.169. The Morgan fingerprint density at radius 3 is 2.58 bits per heavy atom. The lowest BCUT2D eigenvalue weighted by atomic mass is 10.1. The maximum Gasteiger partial charge on any atom is 0.176 e. The Morgan fingerprint density at radius 1 is 1.32 bits per heavy atom. The van der Waals surface area contributed by atoms with E-state index >= 15 is 0 Å². The van der Waals surface area contributed by atoms with Crippen molar-refractivity contribution in [1.29, 1.82) is 0 Å². The number of carbonyl (C=O) groups is 1. The fourth-order valence-corrected chi connectivity index (χ4v) is 3.04. The minimum absolute atomic E-state index is 0.169. The molecule has 100 valence electrons. The average Bonchev–Trinajstić information content (AvgIpc) is 2.92. The van der Waals surface area contributed by atoms with Gasteiger partial charge >= 0.3 is 0 Å². The van der Waals surface area contributed by atoms with Crippen LogP contribution >= 0.6 is 33.9 Å². The van der Waals surface area contributed by atoms with E-state index in [9.17, 15) is 4.79 Å². The fraction of sp³-hybridized carbons (Fsp3) is 0.267. The molecule has 0 aliphatic carbocycles. The first-order valence-electron chi connectivity index (χ1n) is 6.10. The van der Waals surface area contributed by atoms with E-state index in [-0.39, 0.29) is 11.8 Å². The van der Waals surface area contributed by atoms with Gasteiger partial charge in [0.15, 0.2) is 5.78 Å². The Morgan fingerprint density at radius 2 is 2.00 bits per heavy atom. The van der Waals surface area contributed by atoms with Crippen molar-refractivity contribution in [3.8, 4) is 0 Å². The molecule has 0 radical (unpaired) electrons. The number of hydrogen-bond acceptors (Lipinski definition) is 3. The van der Waals surface area contributed by atoms with Crippen LogP contribution < -0.4 is 0 Å². The van der Waals surface area contributed by atoms with Crippen molar-refractivity contribution in [2.75, 3.05) is 13.6 Å². The van der Waals surface area contributed by atoms with Crippen LogP contribution in [0.25, 0.3) is 0 Å². The number of thiophene rings is 1. The van der Waals surface area contributed by atoms with Gasteiger partial charge in [0.2, 0.25) is 0 Å². The van der Waals surface area contributed by atoms with Crippen LogP contribution in [0.15, 0.2) is 41.8 Å². The normalized spacial score (nSPS) is 12.6. The largest absolute Gasteiger partial charge is 0.293 e. The van der Waals surface area contributed by atoms with Crippen LogP contribution in [0.3, 0.4) is 0 Å². The van der Waals surface area contributed by atoms with E-state index in [1.54, 1.807) is 11.3 Å². The van der Waals surface area contributed by atoms with Crippen LogP contribution in [-0.4, -0.2) is 24.3 Å². The monoisotopic (exact) mass is 385 g/mol. The number of ketones is 1. The molecule has 1 atom stereocenters. The summed E-state index contributed by atoms with van der Waals surface area (Å²) in [5.74, 6) is 0.169. The molecule has 0 N–H and O–H groups in total. The van der Waals surface area contributed by atoms with E-state index in [0.717, 1.165) is 9.13 Å².